The molecule has 0 spiro atoms. The van der Waals surface area contributed by atoms with Crippen LogP contribution >= 0.6 is 0 Å². The molecule has 0 aromatic carbocycles. The standard InChI is InChI=1S/C13H27N3O2S/c1-11-6-12(2)9-16(8-11)19(17,18)15-5-3-4-13(7-14)10-15/h11-13H,3-10,14H2,1-2H3. The summed E-state index contributed by atoms with van der Waals surface area (Å²) >= 11 is 0. The van der Waals surface area contributed by atoms with Crippen molar-refractivity contribution in [1.29, 1.82) is 0 Å². The third-order valence-corrected chi connectivity index (χ3v) is 6.24. The summed E-state index contributed by atoms with van der Waals surface area (Å²) in [6, 6.07) is 0. The van der Waals surface area contributed by atoms with Crippen molar-refractivity contribution in [2.45, 2.75) is 33.1 Å². The van der Waals surface area contributed by atoms with Crippen molar-refractivity contribution in [3.63, 3.8) is 0 Å². The Bertz CT molecular complexity index is 389. The van der Waals surface area contributed by atoms with Gasteiger partial charge in [0.15, 0.2) is 0 Å². The second-order valence-corrected chi connectivity index (χ2v) is 8.30. The molecule has 3 unspecified atom stereocenters. The van der Waals surface area contributed by atoms with Crippen LogP contribution in [0.15, 0.2) is 0 Å². The Labute approximate surface area is 117 Å². The van der Waals surface area contributed by atoms with Crippen LogP contribution in [0.4, 0.5) is 0 Å². The first-order chi connectivity index (χ1) is 8.93. The van der Waals surface area contributed by atoms with E-state index in [2.05, 4.69) is 13.8 Å². The van der Waals surface area contributed by atoms with Crippen LogP contribution in [0, 0.1) is 17.8 Å². The number of nitrogens with two attached hydrogens (primary N) is 1. The molecule has 0 bridgehead atoms. The molecule has 2 saturated heterocycles. The molecule has 0 aliphatic carbocycles. The summed E-state index contributed by atoms with van der Waals surface area (Å²) in [5.74, 6) is 1.23. The van der Waals surface area contributed by atoms with Gasteiger partial charge in [0, 0.05) is 26.2 Å². The lowest BCUT2D eigenvalue weighted by Gasteiger charge is -2.39. The van der Waals surface area contributed by atoms with Crippen LogP contribution in [-0.4, -0.2) is 49.8 Å². The molecule has 2 rings (SSSR count). The third-order valence-electron chi connectivity index (χ3n) is 4.30. The quantitative estimate of drug-likeness (QED) is 0.838. The van der Waals surface area contributed by atoms with E-state index in [1.807, 2.05) is 0 Å². The van der Waals surface area contributed by atoms with Gasteiger partial charge in [-0.05, 0) is 43.6 Å². The molecule has 0 amide bonds. The van der Waals surface area contributed by atoms with E-state index in [9.17, 15) is 8.42 Å². The summed E-state index contributed by atoms with van der Waals surface area (Å²) in [4.78, 5) is 0. The first-order valence-electron chi connectivity index (χ1n) is 7.38. The summed E-state index contributed by atoms with van der Waals surface area (Å²) in [5, 5.41) is 0. The average molecular weight is 289 g/mol. The van der Waals surface area contributed by atoms with Gasteiger partial charge < -0.3 is 5.73 Å². The van der Waals surface area contributed by atoms with E-state index < -0.39 is 10.2 Å². The molecule has 3 atom stereocenters. The lowest BCUT2D eigenvalue weighted by Crippen LogP contribution is -2.52. The van der Waals surface area contributed by atoms with Crippen molar-refractivity contribution in [3.05, 3.63) is 0 Å². The third kappa shape index (κ3) is 3.48. The number of piperidine rings is 2. The van der Waals surface area contributed by atoms with E-state index in [-0.39, 0.29) is 0 Å². The Morgan fingerprint density at radius 1 is 1.11 bits per heavy atom. The predicted molar refractivity (Wildman–Crippen MR) is 76.8 cm³/mol. The van der Waals surface area contributed by atoms with Crippen LogP contribution in [0.2, 0.25) is 0 Å². The molecule has 2 heterocycles. The van der Waals surface area contributed by atoms with E-state index in [0.717, 1.165) is 19.3 Å². The van der Waals surface area contributed by atoms with Gasteiger partial charge in [-0.3, -0.25) is 0 Å². The van der Waals surface area contributed by atoms with E-state index in [0.29, 0.717) is 50.5 Å². The topological polar surface area (TPSA) is 66.6 Å². The highest BCUT2D eigenvalue weighted by atomic mass is 32.2. The highest BCUT2D eigenvalue weighted by molar-refractivity contribution is 7.86. The monoisotopic (exact) mass is 289 g/mol. The molecule has 2 aliphatic rings. The van der Waals surface area contributed by atoms with Crippen molar-refractivity contribution in [2.24, 2.45) is 23.5 Å². The SMILES string of the molecule is CC1CC(C)CN(S(=O)(=O)N2CCCC(CN)C2)C1. The highest BCUT2D eigenvalue weighted by Crippen LogP contribution is 2.27. The molecule has 0 saturated carbocycles. The number of nitrogens with zero attached hydrogens (tertiary/aromatic N) is 2. The van der Waals surface area contributed by atoms with Crippen molar-refractivity contribution >= 4 is 10.2 Å². The largest absolute Gasteiger partial charge is 0.330 e. The number of rotatable bonds is 3. The van der Waals surface area contributed by atoms with E-state index >= 15 is 0 Å². The Morgan fingerprint density at radius 2 is 1.74 bits per heavy atom. The minimum absolute atomic E-state index is 0.322. The molecule has 0 radical (unpaired) electrons. The van der Waals surface area contributed by atoms with E-state index in [1.54, 1.807) is 8.61 Å². The first kappa shape index (κ1) is 15.2. The number of hydrogen-bond donors (Lipinski definition) is 1. The van der Waals surface area contributed by atoms with Gasteiger partial charge in [0.2, 0.25) is 0 Å². The van der Waals surface area contributed by atoms with Crippen molar-refractivity contribution in [3.8, 4) is 0 Å². The fourth-order valence-corrected chi connectivity index (χ4v) is 5.36. The molecule has 0 aromatic rings. The maximum atomic E-state index is 12.7. The minimum Gasteiger partial charge on any atom is -0.330 e. The first-order valence-corrected chi connectivity index (χ1v) is 8.78. The van der Waals surface area contributed by atoms with Crippen molar-refractivity contribution < 1.29 is 8.42 Å². The summed E-state index contributed by atoms with van der Waals surface area (Å²) in [6.45, 7) is 7.43. The summed E-state index contributed by atoms with van der Waals surface area (Å²) in [6.07, 6.45) is 3.10. The van der Waals surface area contributed by atoms with Crippen molar-refractivity contribution in [1.82, 2.24) is 8.61 Å². The van der Waals surface area contributed by atoms with Crippen LogP contribution in [0.3, 0.4) is 0 Å². The molecule has 0 aromatic heterocycles. The molecule has 5 nitrogen and oxygen atoms in total. The van der Waals surface area contributed by atoms with Gasteiger partial charge in [-0.25, -0.2) is 0 Å². The van der Waals surface area contributed by atoms with Crippen LogP contribution in [0.1, 0.15) is 33.1 Å². The van der Waals surface area contributed by atoms with Crippen LogP contribution in [-0.2, 0) is 10.2 Å². The van der Waals surface area contributed by atoms with Gasteiger partial charge in [0.05, 0.1) is 0 Å². The molecule has 19 heavy (non-hydrogen) atoms. The average Bonchev–Trinajstić information content (AvgIpc) is 2.37. The molecule has 2 aliphatic heterocycles. The maximum Gasteiger partial charge on any atom is 0.282 e. The van der Waals surface area contributed by atoms with E-state index in [4.69, 9.17) is 5.73 Å². The highest BCUT2D eigenvalue weighted by Gasteiger charge is 2.36. The molecular formula is C13H27N3O2S. The minimum atomic E-state index is -3.28. The zero-order valence-electron chi connectivity index (χ0n) is 12.1. The second kappa shape index (κ2) is 6.08. The van der Waals surface area contributed by atoms with Gasteiger partial charge >= 0.3 is 0 Å². The second-order valence-electron chi connectivity index (χ2n) is 6.37. The zero-order valence-corrected chi connectivity index (χ0v) is 12.9. The fourth-order valence-electron chi connectivity index (χ4n) is 3.39. The Hall–Kier alpha value is -0.170. The van der Waals surface area contributed by atoms with Gasteiger partial charge in [-0.1, -0.05) is 13.8 Å². The van der Waals surface area contributed by atoms with Crippen LogP contribution in [0.25, 0.3) is 0 Å². The van der Waals surface area contributed by atoms with Gasteiger partial charge in [0.25, 0.3) is 10.2 Å². The lowest BCUT2D eigenvalue weighted by molar-refractivity contribution is 0.194. The van der Waals surface area contributed by atoms with Crippen molar-refractivity contribution in [2.75, 3.05) is 32.7 Å². The lowest BCUT2D eigenvalue weighted by atomic mass is 9.94. The Balaban J connectivity index is 2.08. The zero-order chi connectivity index (χ0) is 14.0. The molecule has 112 valence electrons. The maximum absolute atomic E-state index is 12.7. The molecular weight excluding hydrogens is 262 g/mol. The van der Waals surface area contributed by atoms with Crippen LogP contribution in [0.5, 0.6) is 0 Å². The van der Waals surface area contributed by atoms with Gasteiger partial charge in [-0.15, -0.1) is 0 Å². The molecule has 2 N–H and O–H groups in total. The summed E-state index contributed by atoms with van der Waals surface area (Å²) in [5.41, 5.74) is 5.70. The summed E-state index contributed by atoms with van der Waals surface area (Å²) in [7, 11) is -3.28. The van der Waals surface area contributed by atoms with E-state index in [1.165, 1.54) is 0 Å². The number of hydrogen-bond acceptors (Lipinski definition) is 3. The van der Waals surface area contributed by atoms with Gasteiger partial charge in [0.1, 0.15) is 0 Å². The fraction of sp³-hybridized carbons (Fsp3) is 1.00. The molecule has 2 fully saturated rings. The van der Waals surface area contributed by atoms with Crippen LogP contribution < -0.4 is 5.73 Å². The summed E-state index contributed by atoms with van der Waals surface area (Å²) < 4.78 is 28.7. The Morgan fingerprint density at radius 3 is 2.32 bits per heavy atom. The normalized spacial score (nSPS) is 35.4. The smallest absolute Gasteiger partial charge is 0.282 e. The predicted octanol–water partition coefficient (Wildman–Crippen LogP) is 0.880. The van der Waals surface area contributed by atoms with Gasteiger partial charge in [-0.2, -0.15) is 17.0 Å². The Kier molecular flexibility index (Phi) is 4.87. The molecule has 6 heteroatoms.